The summed E-state index contributed by atoms with van der Waals surface area (Å²) in [6.45, 7) is 1.84. The second-order valence-corrected chi connectivity index (χ2v) is 7.53. The van der Waals surface area contributed by atoms with E-state index >= 15 is 0 Å². The van der Waals surface area contributed by atoms with Gasteiger partial charge < -0.3 is 10.2 Å². The van der Waals surface area contributed by atoms with Crippen LogP contribution in [0.4, 0.5) is 28.9 Å². The number of pyridine rings is 1. The molecule has 13 heteroatoms. The van der Waals surface area contributed by atoms with Gasteiger partial charge in [0.2, 0.25) is 0 Å². The molecule has 0 saturated heterocycles. The fourth-order valence-corrected chi connectivity index (χ4v) is 3.71. The minimum absolute atomic E-state index is 0. The first-order valence-corrected chi connectivity index (χ1v) is 9.62. The first kappa shape index (κ1) is 24.5. The van der Waals surface area contributed by atoms with Crippen LogP contribution in [0.3, 0.4) is 0 Å². The van der Waals surface area contributed by atoms with Gasteiger partial charge in [-0.2, -0.15) is 31.8 Å². The lowest BCUT2D eigenvalue weighted by Crippen LogP contribution is -2.43. The van der Waals surface area contributed by atoms with Crippen LogP contribution in [0, 0.1) is 5.82 Å². The zero-order valence-corrected chi connectivity index (χ0v) is 18.6. The Kier molecular flexibility index (Phi) is 6.70. The van der Waals surface area contributed by atoms with E-state index in [-0.39, 0.29) is 48.7 Å². The summed E-state index contributed by atoms with van der Waals surface area (Å²) in [4.78, 5) is 30.8. The number of nitrogens with one attached hydrogen (secondary N) is 1. The summed E-state index contributed by atoms with van der Waals surface area (Å²) in [5.41, 5.74) is -0.921. The molecule has 3 aromatic rings. The van der Waals surface area contributed by atoms with Crippen molar-refractivity contribution in [2.24, 2.45) is 0 Å². The third kappa shape index (κ3) is 4.67. The number of benzene rings is 1. The van der Waals surface area contributed by atoms with E-state index in [1.165, 1.54) is 22.0 Å². The smallest absolute Gasteiger partial charge is 0.320 e. The van der Waals surface area contributed by atoms with E-state index in [1.807, 2.05) is 0 Å². The molecule has 0 aliphatic carbocycles. The van der Waals surface area contributed by atoms with Crippen LogP contribution in [-0.4, -0.2) is 33.1 Å². The van der Waals surface area contributed by atoms with Crippen molar-refractivity contribution in [1.82, 2.24) is 14.8 Å². The molecule has 0 unspecified atom stereocenters. The van der Waals surface area contributed by atoms with Crippen molar-refractivity contribution in [1.29, 1.82) is 0 Å². The largest absolute Gasteiger partial charge is 0.417 e. The maximum Gasteiger partial charge on any atom is 0.417 e. The highest BCUT2D eigenvalue weighted by molar-refractivity contribution is 7.59. The van der Waals surface area contributed by atoms with Crippen molar-refractivity contribution in [3.63, 3.8) is 0 Å². The Hall–Kier alpha value is -3.12. The summed E-state index contributed by atoms with van der Waals surface area (Å²) < 4.78 is 53.8. The predicted molar refractivity (Wildman–Crippen MR) is 118 cm³/mol. The summed E-state index contributed by atoms with van der Waals surface area (Å²) >= 11 is 5.81. The third-order valence-electron chi connectivity index (χ3n) is 4.88. The minimum atomic E-state index is -4.63. The number of carbonyl (C=O) groups excluding carboxylic acids is 2. The number of rotatable bonds is 3. The number of aromatic nitrogens is 3. The average Bonchev–Trinajstić information content (AvgIpc) is 3.16. The molecule has 0 saturated carbocycles. The monoisotopic (exact) mass is 501 g/mol. The van der Waals surface area contributed by atoms with Gasteiger partial charge in [0, 0.05) is 18.3 Å². The topological polar surface area (TPSA) is 80.1 Å². The van der Waals surface area contributed by atoms with Gasteiger partial charge in [-0.1, -0.05) is 11.6 Å². The molecule has 0 bridgehead atoms. The van der Waals surface area contributed by atoms with Gasteiger partial charge in [-0.3, -0.25) is 19.3 Å². The number of hydrogen-bond donors (Lipinski definition) is 1. The van der Waals surface area contributed by atoms with E-state index in [0.717, 1.165) is 30.5 Å². The summed E-state index contributed by atoms with van der Waals surface area (Å²) in [7, 11) is 0. The fourth-order valence-electron chi connectivity index (χ4n) is 3.43. The molecule has 33 heavy (non-hydrogen) atoms. The summed E-state index contributed by atoms with van der Waals surface area (Å²) in [5, 5.41) is 6.00. The average molecular weight is 502 g/mol. The van der Waals surface area contributed by atoms with Crippen LogP contribution in [0.25, 0.3) is 0 Å². The first-order valence-electron chi connectivity index (χ1n) is 9.24. The molecule has 1 aliphatic rings. The van der Waals surface area contributed by atoms with Crippen molar-refractivity contribution in [3.05, 3.63) is 70.5 Å². The minimum Gasteiger partial charge on any atom is -0.320 e. The SMILES string of the molecule is C[C@H]1CN(c2ccc(C(F)(F)F)c(Cl)c2)C(=O)c2c(C(=O)Nc3cncc(F)c3)cnn21.S. The highest BCUT2D eigenvalue weighted by Gasteiger charge is 2.37. The Bertz CT molecular complexity index is 1230. The third-order valence-corrected chi connectivity index (χ3v) is 5.20. The highest BCUT2D eigenvalue weighted by Crippen LogP contribution is 2.37. The van der Waals surface area contributed by atoms with E-state index in [1.54, 1.807) is 6.92 Å². The van der Waals surface area contributed by atoms with Crippen LogP contribution >= 0.6 is 25.1 Å². The molecule has 1 aromatic carbocycles. The standard InChI is InChI=1S/C20H14ClF4N5O2.H2S/c1-10-9-29(13-2-3-15(16(21)5-13)20(23,24)25)19(32)17-14(8-27-30(10)17)18(31)28-12-4-11(22)6-26-7-12;/h2-8,10H,9H2,1H3,(H,28,31);1H2/t10-;/m0./s1. The number of anilines is 2. The Morgan fingerprint density at radius 1 is 1.21 bits per heavy atom. The summed E-state index contributed by atoms with van der Waals surface area (Å²) in [6, 6.07) is 3.66. The first-order chi connectivity index (χ1) is 15.1. The Morgan fingerprint density at radius 2 is 1.94 bits per heavy atom. The lowest BCUT2D eigenvalue weighted by molar-refractivity contribution is -0.137. The molecule has 0 spiro atoms. The van der Waals surface area contributed by atoms with Crippen molar-refractivity contribution >= 4 is 48.3 Å². The molecule has 7 nitrogen and oxygen atoms in total. The van der Waals surface area contributed by atoms with E-state index in [0.29, 0.717) is 0 Å². The second kappa shape index (κ2) is 9.02. The van der Waals surface area contributed by atoms with Gasteiger partial charge in [0.05, 0.1) is 46.5 Å². The van der Waals surface area contributed by atoms with Crippen LogP contribution < -0.4 is 10.2 Å². The molecular weight excluding hydrogens is 486 g/mol. The number of carbonyl (C=O) groups is 2. The molecule has 2 aromatic heterocycles. The van der Waals surface area contributed by atoms with Crippen LogP contribution in [0.2, 0.25) is 5.02 Å². The lowest BCUT2D eigenvalue weighted by Gasteiger charge is -2.32. The van der Waals surface area contributed by atoms with Crippen molar-refractivity contribution in [2.45, 2.75) is 19.1 Å². The Morgan fingerprint density at radius 3 is 2.58 bits per heavy atom. The summed E-state index contributed by atoms with van der Waals surface area (Å²) in [6.07, 6.45) is -1.23. The Balaban J connectivity index is 0.00000306. The molecule has 1 N–H and O–H groups in total. The van der Waals surface area contributed by atoms with Gasteiger partial charge in [0.1, 0.15) is 11.5 Å². The molecule has 4 rings (SSSR count). The number of halogens is 5. The van der Waals surface area contributed by atoms with Crippen LogP contribution in [-0.2, 0) is 6.18 Å². The van der Waals surface area contributed by atoms with E-state index in [9.17, 15) is 27.2 Å². The van der Waals surface area contributed by atoms with Crippen LogP contribution in [0.15, 0.2) is 42.9 Å². The molecule has 0 fully saturated rings. The van der Waals surface area contributed by atoms with E-state index in [2.05, 4.69) is 15.4 Å². The molecule has 2 amide bonds. The van der Waals surface area contributed by atoms with E-state index in [4.69, 9.17) is 11.6 Å². The number of amides is 2. The van der Waals surface area contributed by atoms with Gasteiger partial charge in [0.25, 0.3) is 11.8 Å². The quantitative estimate of drug-likeness (QED) is 0.529. The number of nitrogens with zero attached hydrogens (tertiary/aromatic N) is 4. The van der Waals surface area contributed by atoms with E-state index < -0.39 is 34.4 Å². The van der Waals surface area contributed by atoms with Crippen molar-refractivity contribution in [3.8, 4) is 0 Å². The molecule has 3 heterocycles. The van der Waals surface area contributed by atoms with Gasteiger partial charge in [-0.05, 0) is 25.1 Å². The highest BCUT2D eigenvalue weighted by atomic mass is 35.5. The zero-order valence-electron chi connectivity index (χ0n) is 16.8. The number of alkyl halides is 3. The lowest BCUT2D eigenvalue weighted by atomic mass is 10.1. The van der Waals surface area contributed by atoms with Gasteiger partial charge >= 0.3 is 6.18 Å². The maximum absolute atomic E-state index is 13.3. The normalized spacial score (nSPS) is 15.6. The Labute approximate surface area is 196 Å². The summed E-state index contributed by atoms with van der Waals surface area (Å²) in [5.74, 6) is -2.01. The number of hydrogen-bond acceptors (Lipinski definition) is 4. The zero-order chi connectivity index (χ0) is 23.2. The van der Waals surface area contributed by atoms with Crippen molar-refractivity contribution in [2.75, 3.05) is 16.8 Å². The second-order valence-electron chi connectivity index (χ2n) is 7.12. The molecule has 0 radical (unpaired) electrons. The van der Waals surface area contributed by atoms with Crippen LogP contribution in [0.5, 0.6) is 0 Å². The number of fused-ring (bicyclic) bond motifs is 1. The maximum atomic E-state index is 13.3. The van der Waals surface area contributed by atoms with Crippen LogP contribution in [0.1, 0.15) is 39.4 Å². The van der Waals surface area contributed by atoms with Gasteiger partial charge in [-0.15, -0.1) is 0 Å². The predicted octanol–water partition coefficient (Wildman–Crippen LogP) is 4.68. The molecule has 174 valence electrons. The fraction of sp³-hybridized carbons (Fsp3) is 0.200. The van der Waals surface area contributed by atoms with Gasteiger partial charge in [0.15, 0.2) is 0 Å². The molecule has 1 atom stereocenters. The van der Waals surface area contributed by atoms with Gasteiger partial charge in [-0.25, -0.2) is 4.39 Å². The van der Waals surface area contributed by atoms with Crippen molar-refractivity contribution < 1.29 is 27.2 Å². The molecular formula is C20H16ClF4N5O2S. The molecule has 1 aliphatic heterocycles.